The van der Waals surface area contributed by atoms with Crippen molar-refractivity contribution >= 4 is 34.4 Å². The molecule has 0 aliphatic carbocycles. The highest BCUT2D eigenvalue weighted by molar-refractivity contribution is 6.04. The fourth-order valence-electron chi connectivity index (χ4n) is 2.87. The Kier molecular flexibility index (Phi) is 5.87. The van der Waals surface area contributed by atoms with Crippen LogP contribution >= 0.6 is 0 Å². The van der Waals surface area contributed by atoms with Crippen LogP contribution in [0.2, 0.25) is 0 Å². The lowest BCUT2D eigenvalue weighted by Crippen LogP contribution is -2.21. The summed E-state index contributed by atoms with van der Waals surface area (Å²) in [5, 5.41) is 3.31. The number of benzene rings is 2. The van der Waals surface area contributed by atoms with Gasteiger partial charge in [0.25, 0.3) is 5.91 Å². The number of amides is 1. The highest BCUT2D eigenvalue weighted by atomic mass is 16.5. The zero-order valence-corrected chi connectivity index (χ0v) is 16.3. The summed E-state index contributed by atoms with van der Waals surface area (Å²) in [4.78, 5) is 40.8. The predicted octanol–water partition coefficient (Wildman–Crippen LogP) is 3.43. The van der Waals surface area contributed by atoms with Crippen LogP contribution in [0.5, 0.6) is 0 Å². The summed E-state index contributed by atoms with van der Waals surface area (Å²) in [5.41, 5.74) is 3.22. The Bertz CT molecular complexity index is 1110. The molecule has 0 saturated heterocycles. The fourth-order valence-corrected chi connectivity index (χ4v) is 2.87. The Balaban J connectivity index is 1.70. The number of hydrogen-bond donors (Lipinski definition) is 1. The van der Waals surface area contributed by atoms with Crippen molar-refractivity contribution in [3.8, 4) is 0 Å². The van der Waals surface area contributed by atoms with Crippen molar-refractivity contribution in [2.24, 2.45) is 0 Å². The van der Waals surface area contributed by atoms with E-state index in [0.29, 0.717) is 33.4 Å². The summed E-state index contributed by atoms with van der Waals surface area (Å²) >= 11 is 0. The lowest BCUT2D eigenvalue weighted by molar-refractivity contribution is -0.119. The zero-order chi connectivity index (χ0) is 21.0. The quantitative estimate of drug-likeness (QED) is 0.669. The van der Waals surface area contributed by atoms with Gasteiger partial charge >= 0.3 is 11.9 Å². The van der Waals surface area contributed by atoms with E-state index in [-0.39, 0.29) is 0 Å². The molecule has 2 aromatic carbocycles. The first-order valence-corrected chi connectivity index (χ1v) is 8.91. The van der Waals surface area contributed by atoms with Crippen molar-refractivity contribution in [3.63, 3.8) is 0 Å². The molecule has 1 N–H and O–H groups in total. The molecule has 0 spiro atoms. The number of anilines is 1. The molecule has 0 bridgehead atoms. The average Bonchev–Trinajstić information content (AvgIpc) is 2.72. The molecule has 3 aromatic rings. The molecule has 0 aliphatic rings. The largest absolute Gasteiger partial charge is 0.465 e. The van der Waals surface area contributed by atoms with Gasteiger partial charge in [0.15, 0.2) is 6.61 Å². The number of pyridine rings is 1. The summed E-state index contributed by atoms with van der Waals surface area (Å²) in [6.07, 6.45) is 0. The van der Waals surface area contributed by atoms with Crippen LogP contribution in [0.15, 0.2) is 48.5 Å². The monoisotopic (exact) mass is 392 g/mol. The van der Waals surface area contributed by atoms with Crippen molar-refractivity contribution in [3.05, 3.63) is 70.9 Å². The third-order valence-electron chi connectivity index (χ3n) is 4.33. The molecule has 7 nitrogen and oxygen atoms in total. The third-order valence-corrected chi connectivity index (χ3v) is 4.33. The van der Waals surface area contributed by atoms with E-state index in [1.807, 2.05) is 12.1 Å². The van der Waals surface area contributed by atoms with Gasteiger partial charge in [-0.25, -0.2) is 9.59 Å². The van der Waals surface area contributed by atoms with E-state index in [4.69, 9.17) is 4.74 Å². The summed E-state index contributed by atoms with van der Waals surface area (Å²) < 4.78 is 9.88. The first kappa shape index (κ1) is 20.0. The Hall–Kier alpha value is -3.74. The number of hydrogen-bond acceptors (Lipinski definition) is 6. The SMILES string of the molecule is COC(=O)c1ccc(C)c(NC(=O)COC(=O)c2cc(C)nc3ccccc23)c1. The van der Waals surface area contributed by atoms with Gasteiger partial charge in [-0.3, -0.25) is 9.78 Å². The summed E-state index contributed by atoms with van der Waals surface area (Å²) in [5.74, 6) is -1.63. The molecule has 0 atom stereocenters. The summed E-state index contributed by atoms with van der Waals surface area (Å²) in [6.45, 7) is 3.11. The van der Waals surface area contributed by atoms with Crippen LogP contribution in [0, 0.1) is 13.8 Å². The number of aromatic nitrogens is 1. The molecule has 0 fully saturated rings. The molecule has 7 heteroatoms. The van der Waals surface area contributed by atoms with Crippen LogP contribution in [-0.4, -0.2) is 36.5 Å². The molecule has 148 valence electrons. The average molecular weight is 392 g/mol. The highest BCUT2D eigenvalue weighted by Crippen LogP contribution is 2.20. The molecule has 1 heterocycles. The van der Waals surface area contributed by atoms with Crippen molar-refractivity contribution < 1.29 is 23.9 Å². The second kappa shape index (κ2) is 8.52. The molecule has 1 amide bonds. The molecule has 1 aromatic heterocycles. The van der Waals surface area contributed by atoms with E-state index in [0.717, 1.165) is 5.56 Å². The zero-order valence-electron chi connectivity index (χ0n) is 16.3. The lowest BCUT2D eigenvalue weighted by atomic mass is 10.1. The molecular formula is C22H20N2O5. The number of fused-ring (bicyclic) bond motifs is 1. The van der Waals surface area contributed by atoms with E-state index < -0.39 is 24.5 Å². The first-order chi connectivity index (χ1) is 13.9. The molecule has 0 unspecified atom stereocenters. The molecule has 3 rings (SSSR count). The Morgan fingerprint density at radius 3 is 2.52 bits per heavy atom. The van der Waals surface area contributed by atoms with Gasteiger partial charge in [0.1, 0.15) is 0 Å². The molecular weight excluding hydrogens is 372 g/mol. The van der Waals surface area contributed by atoms with Crippen molar-refractivity contribution in [2.75, 3.05) is 19.0 Å². The maximum absolute atomic E-state index is 12.5. The Labute approximate surface area is 167 Å². The number of ether oxygens (including phenoxy) is 2. The van der Waals surface area contributed by atoms with E-state index in [2.05, 4.69) is 15.0 Å². The highest BCUT2D eigenvalue weighted by Gasteiger charge is 2.16. The van der Waals surface area contributed by atoms with Gasteiger partial charge in [-0.2, -0.15) is 0 Å². The number of aryl methyl sites for hydroxylation is 2. The maximum atomic E-state index is 12.5. The van der Waals surface area contributed by atoms with Gasteiger partial charge < -0.3 is 14.8 Å². The lowest BCUT2D eigenvalue weighted by Gasteiger charge is -2.11. The number of nitrogens with zero attached hydrogens (tertiary/aromatic N) is 1. The first-order valence-electron chi connectivity index (χ1n) is 8.91. The number of esters is 2. The summed E-state index contributed by atoms with van der Waals surface area (Å²) in [7, 11) is 1.28. The number of methoxy groups -OCH3 is 1. The fraction of sp³-hybridized carbons (Fsp3) is 0.182. The second-order valence-corrected chi connectivity index (χ2v) is 6.47. The van der Waals surface area contributed by atoms with Gasteiger partial charge in [-0.15, -0.1) is 0 Å². The van der Waals surface area contributed by atoms with E-state index in [9.17, 15) is 14.4 Å². The van der Waals surface area contributed by atoms with E-state index in [1.54, 1.807) is 44.2 Å². The van der Waals surface area contributed by atoms with Gasteiger partial charge in [0.2, 0.25) is 0 Å². The van der Waals surface area contributed by atoms with Crippen LogP contribution in [-0.2, 0) is 14.3 Å². The molecule has 29 heavy (non-hydrogen) atoms. The van der Waals surface area contributed by atoms with Crippen LogP contribution in [0.4, 0.5) is 5.69 Å². The van der Waals surface area contributed by atoms with Crippen LogP contribution < -0.4 is 5.32 Å². The van der Waals surface area contributed by atoms with Crippen LogP contribution in [0.3, 0.4) is 0 Å². The Morgan fingerprint density at radius 1 is 1.00 bits per heavy atom. The normalized spacial score (nSPS) is 10.4. The van der Waals surface area contributed by atoms with E-state index >= 15 is 0 Å². The maximum Gasteiger partial charge on any atom is 0.339 e. The minimum absolute atomic E-state index is 0.309. The molecule has 0 radical (unpaired) electrons. The van der Waals surface area contributed by atoms with Crippen molar-refractivity contribution in [2.45, 2.75) is 13.8 Å². The van der Waals surface area contributed by atoms with Gasteiger partial charge in [-0.05, 0) is 43.7 Å². The number of rotatable bonds is 5. The van der Waals surface area contributed by atoms with Crippen molar-refractivity contribution in [1.82, 2.24) is 4.98 Å². The van der Waals surface area contributed by atoms with Crippen LogP contribution in [0.25, 0.3) is 10.9 Å². The topological polar surface area (TPSA) is 94.6 Å². The summed E-state index contributed by atoms with van der Waals surface area (Å²) in [6, 6.07) is 13.7. The third kappa shape index (κ3) is 4.57. The number of carbonyl (C=O) groups excluding carboxylic acids is 3. The Morgan fingerprint density at radius 2 is 1.76 bits per heavy atom. The number of carbonyl (C=O) groups is 3. The van der Waals surface area contributed by atoms with Crippen molar-refractivity contribution in [1.29, 1.82) is 0 Å². The smallest absolute Gasteiger partial charge is 0.339 e. The molecule has 0 saturated carbocycles. The standard InChI is InChI=1S/C22H20N2O5/c1-13-8-9-15(21(26)28-3)11-19(13)24-20(25)12-29-22(27)17-10-14(2)23-18-7-5-4-6-16(17)18/h4-11H,12H2,1-3H3,(H,24,25). The van der Waals surface area contributed by atoms with Crippen LogP contribution in [0.1, 0.15) is 32.0 Å². The van der Waals surface area contributed by atoms with Gasteiger partial charge in [0.05, 0.1) is 23.8 Å². The minimum atomic E-state index is -0.609. The molecule has 0 aliphatic heterocycles. The second-order valence-electron chi connectivity index (χ2n) is 6.47. The minimum Gasteiger partial charge on any atom is -0.465 e. The van der Waals surface area contributed by atoms with E-state index in [1.165, 1.54) is 13.2 Å². The number of para-hydroxylation sites is 1. The van der Waals surface area contributed by atoms with Gasteiger partial charge in [-0.1, -0.05) is 24.3 Å². The predicted molar refractivity (Wildman–Crippen MR) is 108 cm³/mol. The van der Waals surface area contributed by atoms with Gasteiger partial charge in [0, 0.05) is 16.8 Å². The number of nitrogens with one attached hydrogen (secondary N) is 1.